The Morgan fingerprint density at radius 3 is 2.74 bits per heavy atom. The second-order valence-electron chi connectivity index (χ2n) is 9.09. The minimum absolute atomic E-state index is 0.189. The molecule has 0 bridgehead atoms. The molecule has 0 atom stereocenters. The molecule has 1 aromatic carbocycles. The van der Waals surface area contributed by atoms with Crippen molar-refractivity contribution in [3.8, 4) is 0 Å². The van der Waals surface area contributed by atoms with Gasteiger partial charge in [0.05, 0.1) is 18.8 Å². The van der Waals surface area contributed by atoms with Gasteiger partial charge in [0.15, 0.2) is 0 Å². The fourth-order valence-corrected chi connectivity index (χ4v) is 5.84. The van der Waals surface area contributed by atoms with Gasteiger partial charge in [-0.15, -0.1) is 11.3 Å². The third-order valence-electron chi connectivity index (χ3n) is 6.73. The van der Waals surface area contributed by atoms with Gasteiger partial charge < -0.3 is 0 Å². The first-order valence-corrected chi connectivity index (χ1v) is 12.5. The molecule has 0 spiro atoms. The van der Waals surface area contributed by atoms with Crippen LogP contribution in [0.3, 0.4) is 0 Å². The lowest BCUT2D eigenvalue weighted by Gasteiger charge is -2.33. The Kier molecular flexibility index (Phi) is 5.34. The van der Waals surface area contributed by atoms with Crippen LogP contribution >= 0.6 is 11.3 Å². The molecule has 3 aliphatic rings. The number of rotatable bonds is 4. The SMILES string of the molecule is Cc1cc2c(C3=CCN(Cc4ccc5c(c4)CN(N4CCC(=O)NC4=O)C5=O)CC3)ncnc2s1. The summed E-state index contributed by atoms with van der Waals surface area (Å²) in [6.07, 6.45) is 5.02. The van der Waals surface area contributed by atoms with Crippen molar-refractivity contribution >= 4 is 45.0 Å². The van der Waals surface area contributed by atoms with Crippen LogP contribution in [0.4, 0.5) is 4.79 Å². The smallest absolute Gasteiger partial charge is 0.295 e. The number of nitrogens with zero attached hydrogens (tertiary/aromatic N) is 5. The number of carbonyl (C=O) groups is 3. The second-order valence-corrected chi connectivity index (χ2v) is 10.3. The Labute approximate surface area is 206 Å². The monoisotopic (exact) mass is 488 g/mol. The van der Waals surface area contributed by atoms with Crippen LogP contribution in [0.15, 0.2) is 36.7 Å². The number of hydrazine groups is 1. The van der Waals surface area contributed by atoms with Gasteiger partial charge in [-0.25, -0.2) is 24.8 Å². The van der Waals surface area contributed by atoms with Gasteiger partial charge in [0.25, 0.3) is 5.91 Å². The molecule has 0 saturated carbocycles. The van der Waals surface area contributed by atoms with Gasteiger partial charge in [0.2, 0.25) is 5.91 Å². The van der Waals surface area contributed by atoms with E-state index in [9.17, 15) is 14.4 Å². The van der Waals surface area contributed by atoms with Crippen LogP contribution in [0.25, 0.3) is 15.8 Å². The highest BCUT2D eigenvalue weighted by molar-refractivity contribution is 7.18. The van der Waals surface area contributed by atoms with Crippen LogP contribution in [0.2, 0.25) is 0 Å². The number of aryl methyl sites for hydroxylation is 1. The predicted octanol–water partition coefficient (Wildman–Crippen LogP) is 3.10. The highest BCUT2D eigenvalue weighted by Crippen LogP contribution is 2.32. The summed E-state index contributed by atoms with van der Waals surface area (Å²) in [4.78, 5) is 50.2. The molecule has 4 amide bonds. The van der Waals surface area contributed by atoms with Crippen LogP contribution < -0.4 is 5.32 Å². The molecule has 3 aliphatic heterocycles. The molecule has 9 nitrogen and oxygen atoms in total. The number of hydrogen-bond acceptors (Lipinski definition) is 7. The summed E-state index contributed by atoms with van der Waals surface area (Å²) in [5, 5.41) is 6.18. The van der Waals surface area contributed by atoms with E-state index < -0.39 is 6.03 Å². The lowest BCUT2D eigenvalue weighted by atomic mass is 10.0. The number of fused-ring (bicyclic) bond motifs is 2. The quantitative estimate of drug-likeness (QED) is 0.606. The van der Waals surface area contributed by atoms with E-state index in [2.05, 4.69) is 45.3 Å². The van der Waals surface area contributed by atoms with E-state index >= 15 is 0 Å². The molecule has 178 valence electrons. The molecular formula is C25H24N6O3S. The van der Waals surface area contributed by atoms with E-state index in [-0.39, 0.29) is 24.8 Å². The van der Waals surface area contributed by atoms with Gasteiger partial charge in [0.1, 0.15) is 11.2 Å². The Morgan fingerprint density at radius 1 is 1.06 bits per heavy atom. The van der Waals surface area contributed by atoms with Crippen molar-refractivity contribution in [2.24, 2.45) is 0 Å². The van der Waals surface area contributed by atoms with E-state index in [1.807, 2.05) is 12.1 Å². The van der Waals surface area contributed by atoms with Crippen molar-refractivity contribution in [2.45, 2.75) is 32.9 Å². The molecule has 10 heteroatoms. The maximum Gasteiger partial charge on any atom is 0.342 e. The van der Waals surface area contributed by atoms with Crippen molar-refractivity contribution < 1.29 is 14.4 Å². The van der Waals surface area contributed by atoms with Crippen molar-refractivity contribution in [2.75, 3.05) is 19.6 Å². The fourth-order valence-electron chi connectivity index (χ4n) is 5.00. The van der Waals surface area contributed by atoms with Crippen molar-refractivity contribution in [1.29, 1.82) is 0 Å². The molecule has 0 unspecified atom stereocenters. The maximum absolute atomic E-state index is 12.9. The first kappa shape index (κ1) is 21.9. The van der Waals surface area contributed by atoms with Gasteiger partial charge in [-0.1, -0.05) is 18.2 Å². The lowest BCUT2D eigenvalue weighted by molar-refractivity contribution is -0.123. The molecule has 1 saturated heterocycles. The number of amides is 4. The second kappa shape index (κ2) is 8.54. The largest absolute Gasteiger partial charge is 0.342 e. The molecule has 1 fully saturated rings. The minimum atomic E-state index is -0.544. The number of hydrogen-bond donors (Lipinski definition) is 1. The number of benzene rings is 1. The van der Waals surface area contributed by atoms with Crippen molar-refractivity contribution in [3.63, 3.8) is 0 Å². The number of aromatic nitrogens is 2. The third-order valence-corrected chi connectivity index (χ3v) is 7.69. The average molecular weight is 489 g/mol. The summed E-state index contributed by atoms with van der Waals surface area (Å²) >= 11 is 1.70. The van der Waals surface area contributed by atoms with Crippen LogP contribution in [-0.4, -0.2) is 62.4 Å². The van der Waals surface area contributed by atoms with Crippen molar-refractivity contribution in [3.05, 3.63) is 63.9 Å². The molecular weight excluding hydrogens is 464 g/mol. The van der Waals surface area contributed by atoms with E-state index in [0.717, 1.165) is 53.1 Å². The van der Waals surface area contributed by atoms with E-state index in [4.69, 9.17) is 0 Å². The predicted molar refractivity (Wildman–Crippen MR) is 131 cm³/mol. The summed E-state index contributed by atoms with van der Waals surface area (Å²) in [6.45, 7) is 5.17. The first-order chi connectivity index (χ1) is 17.0. The zero-order valence-electron chi connectivity index (χ0n) is 19.3. The summed E-state index contributed by atoms with van der Waals surface area (Å²) in [6, 6.07) is 7.52. The standard InChI is InChI=1S/C25H24N6O3S/c1-15-10-20-22(26-14-27-23(20)35-15)17-4-7-29(8-5-17)12-16-2-3-19-18(11-16)13-31(24(19)33)30-9-6-21(32)28-25(30)34/h2-4,10-11,14H,5-9,12-13H2,1H3,(H,28,32,34). The van der Waals surface area contributed by atoms with E-state index in [1.54, 1.807) is 17.7 Å². The number of urea groups is 1. The number of imide groups is 1. The van der Waals surface area contributed by atoms with Crippen LogP contribution in [0.1, 0.15) is 44.9 Å². The maximum atomic E-state index is 12.9. The first-order valence-electron chi connectivity index (χ1n) is 11.6. The van der Waals surface area contributed by atoms with Gasteiger partial charge in [-0.3, -0.25) is 19.8 Å². The zero-order chi connectivity index (χ0) is 24.1. The molecule has 0 radical (unpaired) electrons. The lowest BCUT2D eigenvalue weighted by Crippen LogP contribution is -2.56. The van der Waals surface area contributed by atoms with Gasteiger partial charge in [-0.2, -0.15) is 0 Å². The summed E-state index contributed by atoms with van der Waals surface area (Å²) < 4.78 is 0. The number of carbonyl (C=O) groups excluding carboxylic acids is 3. The van der Waals surface area contributed by atoms with E-state index in [1.165, 1.54) is 20.5 Å². The zero-order valence-corrected chi connectivity index (χ0v) is 20.1. The normalized spacial score (nSPS) is 18.8. The highest BCUT2D eigenvalue weighted by Gasteiger charge is 2.36. The average Bonchev–Trinajstić information content (AvgIpc) is 3.38. The van der Waals surface area contributed by atoms with E-state index in [0.29, 0.717) is 12.1 Å². The Bertz CT molecular complexity index is 1410. The highest BCUT2D eigenvalue weighted by atomic mass is 32.1. The Hall–Kier alpha value is -3.63. The molecule has 5 heterocycles. The topological polar surface area (TPSA) is 98.7 Å². The molecule has 2 aromatic heterocycles. The molecule has 1 N–H and O–H groups in total. The molecule has 35 heavy (non-hydrogen) atoms. The fraction of sp³-hybridized carbons (Fsp3) is 0.320. The van der Waals surface area contributed by atoms with Gasteiger partial charge in [0, 0.05) is 41.9 Å². The van der Waals surface area contributed by atoms with Gasteiger partial charge in [-0.05, 0) is 42.2 Å². The number of thiophene rings is 1. The minimum Gasteiger partial charge on any atom is -0.295 e. The number of nitrogens with one attached hydrogen (secondary N) is 1. The summed E-state index contributed by atoms with van der Waals surface area (Å²) in [5.74, 6) is -0.521. The van der Waals surface area contributed by atoms with Crippen LogP contribution in [0, 0.1) is 6.92 Å². The summed E-state index contributed by atoms with van der Waals surface area (Å²) in [5.41, 5.74) is 4.95. The molecule has 3 aromatic rings. The van der Waals surface area contributed by atoms with Gasteiger partial charge >= 0.3 is 6.03 Å². The van der Waals surface area contributed by atoms with Crippen LogP contribution in [-0.2, 0) is 17.9 Å². The summed E-state index contributed by atoms with van der Waals surface area (Å²) in [7, 11) is 0. The Balaban J connectivity index is 1.14. The third kappa shape index (κ3) is 3.98. The van der Waals surface area contributed by atoms with Crippen LogP contribution in [0.5, 0.6) is 0 Å². The Morgan fingerprint density at radius 2 is 1.94 bits per heavy atom. The molecule has 0 aliphatic carbocycles. The molecule has 6 rings (SSSR count). The van der Waals surface area contributed by atoms with Crippen molar-refractivity contribution in [1.82, 2.24) is 30.2 Å².